The van der Waals surface area contributed by atoms with Gasteiger partial charge in [-0.3, -0.25) is 0 Å². The molecule has 0 N–H and O–H groups in total. The summed E-state index contributed by atoms with van der Waals surface area (Å²) >= 11 is -0.472. The summed E-state index contributed by atoms with van der Waals surface area (Å²) in [4.78, 5) is 2.58. The van der Waals surface area contributed by atoms with Crippen LogP contribution in [0.1, 0.15) is 24.0 Å². The first kappa shape index (κ1) is 12.7. The number of benzene rings is 1. The van der Waals surface area contributed by atoms with Crippen molar-refractivity contribution in [3.05, 3.63) is 29.3 Å². The zero-order valence-electron chi connectivity index (χ0n) is 8.99. The number of hydrogen-bond acceptors (Lipinski definition) is 1. The third-order valence-electron chi connectivity index (χ3n) is 3.27. The summed E-state index contributed by atoms with van der Waals surface area (Å²) in [5.74, 6) is 0. The van der Waals surface area contributed by atoms with Gasteiger partial charge in [0, 0.05) is 18.8 Å². The summed E-state index contributed by atoms with van der Waals surface area (Å²) in [6.07, 6.45) is 5.27. The molecular weight excluding hydrogens is 424 g/mol. The third-order valence-corrected chi connectivity index (χ3v) is 3.27. The number of rotatable bonds is 0. The Bertz CT molecular complexity index is 329. The van der Waals surface area contributed by atoms with Crippen molar-refractivity contribution in [1.29, 1.82) is 0 Å². The molecule has 92 valence electrons. The molecule has 0 bridgehead atoms. The van der Waals surface area contributed by atoms with Gasteiger partial charge in [0.15, 0.2) is 0 Å². The van der Waals surface area contributed by atoms with Gasteiger partial charge in [-0.05, 0) is 36.8 Å². The van der Waals surface area contributed by atoms with Crippen molar-refractivity contribution in [2.75, 3.05) is 18.0 Å². The van der Waals surface area contributed by atoms with Crippen molar-refractivity contribution >= 4 is 24.5 Å². The molecule has 0 aromatic heterocycles. The Hall–Kier alpha value is 0.288. The summed E-state index contributed by atoms with van der Waals surface area (Å²) < 4.78 is 0. The fraction of sp³-hybridized carbons (Fsp3) is 0.500. The molecule has 3 rings (SSSR count). The molecule has 4 heteroatoms. The van der Waals surface area contributed by atoms with E-state index in [2.05, 4.69) is 23.1 Å². The van der Waals surface area contributed by atoms with Gasteiger partial charge in [-0.25, -0.2) is 0 Å². The molecule has 2 heterocycles. The third kappa shape index (κ3) is 2.75. The molecular formula is C12H15Cl2NPt. The van der Waals surface area contributed by atoms with Crippen molar-refractivity contribution in [3.8, 4) is 0 Å². The number of anilines is 1. The van der Waals surface area contributed by atoms with Crippen LogP contribution >= 0.6 is 18.8 Å². The molecule has 1 aromatic carbocycles. The molecule has 0 spiro atoms. The first-order chi connectivity index (χ1) is 7.86. The quantitative estimate of drug-likeness (QED) is 0.595. The minimum Gasteiger partial charge on any atom is -0.371 e. The Morgan fingerprint density at radius 2 is 1.50 bits per heavy atom. The first-order valence-electron chi connectivity index (χ1n) is 5.55. The van der Waals surface area contributed by atoms with E-state index in [1.54, 1.807) is 16.8 Å². The van der Waals surface area contributed by atoms with Gasteiger partial charge in [0.2, 0.25) is 0 Å². The van der Waals surface area contributed by atoms with Gasteiger partial charge >= 0.3 is 35.3 Å². The van der Waals surface area contributed by atoms with Crippen LogP contribution in [-0.4, -0.2) is 13.1 Å². The number of halogens is 2. The van der Waals surface area contributed by atoms with E-state index in [-0.39, 0.29) is 0 Å². The maximum absolute atomic E-state index is 4.88. The Kier molecular flexibility index (Phi) is 5.00. The second-order valence-electron chi connectivity index (χ2n) is 4.16. The topological polar surface area (TPSA) is 3.24 Å². The minimum atomic E-state index is -0.472. The van der Waals surface area contributed by atoms with Crippen LogP contribution in [0.5, 0.6) is 0 Å². The van der Waals surface area contributed by atoms with Crippen LogP contribution in [0.2, 0.25) is 0 Å². The van der Waals surface area contributed by atoms with Crippen LogP contribution in [0.4, 0.5) is 5.69 Å². The van der Waals surface area contributed by atoms with Gasteiger partial charge in [0.1, 0.15) is 0 Å². The first-order valence-corrected chi connectivity index (χ1v) is 11.2. The molecule has 0 atom stereocenters. The Balaban J connectivity index is 0.000000292. The van der Waals surface area contributed by atoms with Crippen LogP contribution < -0.4 is 4.90 Å². The molecule has 0 fully saturated rings. The summed E-state index contributed by atoms with van der Waals surface area (Å²) in [7, 11) is 9.75. The van der Waals surface area contributed by atoms with E-state index >= 15 is 0 Å². The fourth-order valence-electron chi connectivity index (χ4n) is 2.71. The zero-order valence-corrected chi connectivity index (χ0v) is 12.8. The van der Waals surface area contributed by atoms with Crippen LogP contribution in [-0.2, 0) is 29.3 Å². The van der Waals surface area contributed by atoms with E-state index in [0.29, 0.717) is 0 Å². The Labute approximate surface area is 114 Å². The van der Waals surface area contributed by atoms with E-state index in [4.69, 9.17) is 18.8 Å². The maximum atomic E-state index is 4.88. The SMILES string of the molecule is [Cl][Pt][Cl].c1cc2c3c(c1)CCCN3CCC2. The summed E-state index contributed by atoms with van der Waals surface area (Å²) in [6.45, 7) is 2.56. The number of hydrogen-bond donors (Lipinski definition) is 0. The van der Waals surface area contributed by atoms with Crippen LogP contribution in [0, 0.1) is 0 Å². The maximum Gasteiger partial charge on any atom is 0.0431 e. The van der Waals surface area contributed by atoms with Crippen molar-refractivity contribution in [3.63, 3.8) is 0 Å². The predicted molar refractivity (Wildman–Crippen MR) is 67.0 cm³/mol. The molecule has 2 aliphatic rings. The largest absolute Gasteiger partial charge is 0.371 e. The van der Waals surface area contributed by atoms with Gasteiger partial charge in [0.25, 0.3) is 0 Å². The van der Waals surface area contributed by atoms with Crippen molar-refractivity contribution in [1.82, 2.24) is 0 Å². The normalized spacial score (nSPS) is 17.5. The van der Waals surface area contributed by atoms with E-state index < -0.39 is 16.5 Å². The van der Waals surface area contributed by atoms with Gasteiger partial charge in [0.05, 0.1) is 0 Å². The number of nitrogens with zero attached hydrogens (tertiary/aromatic N) is 1. The second kappa shape index (κ2) is 6.28. The molecule has 0 amide bonds. The summed E-state index contributed by atoms with van der Waals surface area (Å²) in [5, 5.41) is 0. The van der Waals surface area contributed by atoms with Gasteiger partial charge < -0.3 is 4.90 Å². The van der Waals surface area contributed by atoms with Crippen LogP contribution in [0.3, 0.4) is 0 Å². The molecule has 1 aromatic rings. The van der Waals surface area contributed by atoms with E-state index in [0.717, 1.165) is 0 Å². The molecule has 16 heavy (non-hydrogen) atoms. The molecule has 0 radical (unpaired) electrons. The van der Waals surface area contributed by atoms with Gasteiger partial charge in [-0.2, -0.15) is 0 Å². The van der Waals surface area contributed by atoms with Crippen LogP contribution in [0.15, 0.2) is 18.2 Å². The summed E-state index contributed by atoms with van der Waals surface area (Å²) in [6, 6.07) is 6.83. The molecule has 0 unspecified atom stereocenters. The summed E-state index contributed by atoms with van der Waals surface area (Å²) in [5.41, 5.74) is 4.76. The van der Waals surface area contributed by atoms with Crippen molar-refractivity contribution < 1.29 is 16.5 Å². The molecule has 2 aliphatic heterocycles. The van der Waals surface area contributed by atoms with Crippen molar-refractivity contribution in [2.45, 2.75) is 25.7 Å². The predicted octanol–water partition coefficient (Wildman–Crippen LogP) is 3.76. The van der Waals surface area contributed by atoms with Gasteiger partial charge in [-0.1, -0.05) is 18.2 Å². The van der Waals surface area contributed by atoms with Gasteiger partial charge in [-0.15, -0.1) is 0 Å². The fourth-order valence-corrected chi connectivity index (χ4v) is 2.71. The average molecular weight is 439 g/mol. The zero-order chi connectivity index (χ0) is 11.4. The second-order valence-corrected chi connectivity index (χ2v) is 7.45. The minimum absolute atomic E-state index is 0.472. The van der Waals surface area contributed by atoms with E-state index in [1.165, 1.54) is 38.8 Å². The smallest absolute Gasteiger partial charge is 0.0431 e. The monoisotopic (exact) mass is 438 g/mol. The van der Waals surface area contributed by atoms with Crippen molar-refractivity contribution in [2.24, 2.45) is 0 Å². The Morgan fingerprint density at radius 1 is 1.00 bits per heavy atom. The number of para-hydroxylation sites is 1. The number of aryl methyl sites for hydroxylation is 2. The molecule has 0 saturated heterocycles. The van der Waals surface area contributed by atoms with E-state index in [1.807, 2.05) is 0 Å². The van der Waals surface area contributed by atoms with E-state index in [9.17, 15) is 0 Å². The molecule has 0 aliphatic carbocycles. The van der Waals surface area contributed by atoms with Crippen LogP contribution in [0.25, 0.3) is 0 Å². The molecule has 0 saturated carbocycles. The Morgan fingerprint density at radius 3 is 2.00 bits per heavy atom. The molecule has 1 nitrogen and oxygen atoms in total. The average Bonchev–Trinajstić information content (AvgIpc) is 2.31. The standard InChI is InChI=1S/C12H15N.2ClH.Pt/c1-4-10-6-2-8-13-9-3-7-11(5-1)12(10)13;;;/h1,4-5H,2-3,6-9H2;2*1H;/q;;;+2/p-2.